The van der Waals surface area contributed by atoms with Crippen molar-refractivity contribution < 1.29 is 39.2 Å². The molecule has 0 radical (unpaired) electrons. The molecule has 1 aromatic carbocycles. The number of anilines is 1. The number of thiazole rings is 1. The second-order valence-corrected chi connectivity index (χ2v) is 12.5. The van der Waals surface area contributed by atoms with Gasteiger partial charge in [-0.25, -0.2) is 14.3 Å². The van der Waals surface area contributed by atoms with E-state index in [1.54, 1.807) is 23.6 Å². The van der Waals surface area contributed by atoms with E-state index in [-0.39, 0.29) is 22.9 Å². The molecule has 2 amide bonds. The van der Waals surface area contributed by atoms with Crippen molar-refractivity contribution in [3.05, 3.63) is 93.7 Å². The Bertz CT molecular complexity index is 1700. The van der Waals surface area contributed by atoms with Gasteiger partial charge in [0.25, 0.3) is 11.8 Å². The lowest BCUT2D eigenvalue weighted by Gasteiger charge is -2.49. The molecule has 1 fully saturated rings. The van der Waals surface area contributed by atoms with Crippen LogP contribution in [0.25, 0.3) is 0 Å². The van der Waals surface area contributed by atoms with Crippen LogP contribution < -0.4 is 15.6 Å². The summed E-state index contributed by atoms with van der Waals surface area (Å²) in [5, 5.41) is 36.4. The highest BCUT2D eigenvalue weighted by atomic mass is 32.2. The van der Waals surface area contributed by atoms with Crippen LogP contribution in [-0.2, 0) is 32.1 Å². The SMILES string of the molecule is Nc1nc(C(=NO)C(=O)N[C@@H]2C(=O)N3C(C(=O)O)=C(/C=C/Sc4cc[n+](Cc5ccc(CC(=O)O)cc5)cc4)CS[C@H]23)cs1. The Hall–Kier alpha value is -4.67. The monoisotopic (exact) mass is 653 g/mol. The zero-order valence-electron chi connectivity index (χ0n) is 22.7. The molecule has 5 rings (SSSR count). The molecule has 2 atom stereocenters. The predicted molar refractivity (Wildman–Crippen MR) is 163 cm³/mol. The molecule has 0 saturated carbocycles. The van der Waals surface area contributed by atoms with Crippen LogP contribution in [0.15, 0.2) is 87.0 Å². The minimum Gasteiger partial charge on any atom is -0.481 e. The minimum atomic E-state index is -1.26. The van der Waals surface area contributed by atoms with Crippen molar-refractivity contribution in [1.29, 1.82) is 0 Å². The smallest absolute Gasteiger partial charge is 0.352 e. The average molecular weight is 654 g/mol. The molecule has 0 aliphatic carbocycles. The summed E-state index contributed by atoms with van der Waals surface area (Å²) >= 11 is 3.75. The van der Waals surface area contributed by atoms with Crippen LogP contribution in [0.4, 0.5) is 5.13 Å². The fraction of sp³-hybridized carbons (Fsp3) is 0.179. The molecule has 1 saturated heterocycles. The van der Waals surface area contributed by atoms with Crippen LogP contribution in [0.5, 0.6) is 0 Å². The van der Waals surface area contributed by atoms with Crippen LogP contribution in [0, 0.1) is 0 Å². The predicted octanol–water partition coefficient (Wildman–Crippen LogP) is 1.91. The summed E-state index contributed by atoms with van der Waals surface area (Å²) in [4.78, 5) is 54.7. The summed E-state index contributed by atoms with van der Waals surface area (Å²) in [7, 11) is 0. The molecule has 2 aliphatic rings. The average Bonchev–Trinajstić information content (AvgIpc) is 3.42. The summed E-state index contributed by atoms with van der Waals surface area (Å²) < 4.78 is 1.98. The highest BCUT2D eigenvalue weighted by Crippen LogP contribution is 2.41. The van der Waals surface area contributed by atoms with E-state index in [9.17, 15) is 29.5 Å². The number of carboxylic acid groups (broad SMARTS) is 2. The van der Waals surface area contributed by atoms with Gasteiger partial charge in [-0.3, -0.25) is 19.3 Å². The number of nitrogen functional groups attached to an aromatic ring is 1. The Morgan fingerprint density at radius 1 is 1.16 bits per heavy atom. The van der Waals surface area contributed by atoms with Crippen molar-refractivity contribution in [3.63, 3.8) is 0 Å². The summed E-state index contributed by atoms with van der Waals surface area (Å²) in [6.07, 6.45) is 5.47. The molecule has 0 spiro atoms. The zero-order valence-corrected chi connectivity index (χ0v) is 25.1. The quantitative estimate of drug-likeness (QED) is 0.0506. The van der Waals surface area contributed by atoms with Gasteiger partial charge in [0.1, 0.15) is 22.8 Å². The number of amides is 2. The first-order chi connectivity index (χ1) is 21.1. The second-order valence-electron chi connectivity index (χ2n) is 9.57. The van der Waals surface area contributed by atoms with Gasteiger partial charge in [-0.1, -0.05) is 41.2 Å². The molecule has 0 bridgehead atoms. The molecule has 2 aromatic heterocycles. The summed E-state index contributed by atoms with van der Waals surface area (Å²) in [5.41, 5.74) is 7.31. The fourth-order valence-corrected chi connectivity index (χ4v) is 7.09. The van der Waals surface area contributed by atoms with E-state index >= 15 is 0 Å². The number of hydrogen-bond donors (Lipinski definition) is 5. The molecule has 0 unspecified atom stereocenters. The Labute approximate surface area is 262 Å². The van der Waals surface area contributed by atoms with Gasteiger partial charge in [0.05, 0.1) is 6.42 Å². The normalized spacial score (nSPS) is 18.2. The van der Waals surface area contributed by atoms with E-state index in [1.165, 1.54) is 28.9 Å². The van der Waals surface area contributed by atoms with Crippen molar-refractivity contribution in [1.82, 2.24) is 15.2 Å². The zero-order chi connectivity index (χ0) is 31.4. The van der Waals surface area contributed by atoms with Crippen molar-refractivity contribution in [3.8, 4) is 0 Å². The van der Waals surface area contributed by atoms with Crippen LogP contribution >= 0.6 is 34.9 Å². The molecular formula is C28H25N6O7S3+. The third kappa shape index (κ3) is 6.77. The number of fused-ring (bicyclic) bond motifs is 1. The summed E-state index contributed by atoms with van der Waals surface area (Å²) in [6, 6.07) is 10.2. The van der Waals surface area contributed by atoms with Gasteiger partial charge in [-0.2, -0.15) is 0 Å². The number of nitrogens with one attached hydrogen (secondary N) is 1. The molecule has 44 heavy (non-hydrogen) atoms. The van der Waals surface area contributed by atoms with Crippen LogP contribution in [0.2, 0.25) is 0 Å². The van der Waals surface area contributed by atoms with Gasteiger partial charge in [-0.05, 0) is 22.6 Å². The van der Waals surface area contributed by atoms with E-state index in [0.29, 0.717) is 17.9 Å². The number of carboxylic acids is 2. The van der Waals surface area contributed by atoms with Crippen molar-refractivity contribution in [2.45, 2.75) is 29.3 Å². The summed E-state index contributed by atoms with van der Waals surface area (Å²) in [5.74, 6) is -3.26. The van der Waals surface area contributed by atoms with Crippen molar-refractivity contribution >= 4 is 69.5 Å². The molecule has 2 aliphatic heterocycles. The van der Waals surface area contributed by atoms with Gasteiger partial charge in [0.15, 0.2) is 29.8 Å². The third-order valence-electron chi connectivity index (χ3n) is 6.64. The molecule has 3 aromatic rings. The number of rotatable bonds is 11. The lowest BCUT2D eigenvalue weighted by molar-refractivity contribution is -0.688. The Kier molecular flexibility index (Phi) is 9.32. The molecular weight excluding hydrogens is 629 g/mol. The van der Waals surface area contributed by atoms with E-state index < -0.39 is 40.9 Å². The van der Waals surface area contributed by atoms with Gasteiger partial charge in [0, 0.05) is 33.7 Å². The number of nitrogens with two attached hydrogens (primary N) is 1. The van der Waals surface area contributed by atoms with Crippen LogP contribution in [0.1, 0.15) is 16.8 Å². The highest BCUT2D eigenvalue weighted by molar-refractivity contribution is 8.02. The van der Waals surface area contributed by atoms with Crippen LogP contribution in [0.3, 0.4) is 0 Å². The Balaban J connectivity index is 1.20. The number of oxime groups is 1. The maximum atomic E-state index is 13.0. The maximum Gasteiger partial charge on any atom is 0.352 e. The fourth-order valence-electron chi connectivity index (χ4n) is 4.56. The molecule has 16 heteroatoms. The van der Waals surface area contributed by atoms with Gasteiger partial charge in [-0.15, -0.1) is 23.1 Å². The first kappa shape index (κ1) is 30.8. The van der Waals surface area contributed by atoms with Crippen molar-refractivity contribution in [2.75, 3.05) is 11.5 Å². The number of carbonyl (C=O) groups excluding carboxylic acids is 2. The number of allylic oxidation sites excluding steroid dienone is 1. The lowest BCUT2D eigenvalue weighted by Crippen LogP contribution is -2.71. The first-order valence-electron chi connectivity index (χ1n) is 12.9. The molecule has 226 valence electrons. The van der Waals surface area contributed by atoms with E-state index in [4.69, 9.17) is 10.8 Å². The number of aliphatic carboxylic acids is 2. The molecule has 13 nitrogen and oxygen atoms in total. The highest BCUT2D eigenvalue weighted by Gasteiger charge is 2.54. The molecule has 4 heterocycles. The number of hydrogen-bond acceptors (Lipinski definition) is 11. The summed E-state index contributed by atoms with van der Waals surface area (Å²) in [6.45, 7) is 0.611. The maximum absolute atomic E-state index is 13.0. The number of benzene rings is 1. The largest absolute Gasteiger partial charge is 0.481 e. The number of pyridine rings is 1. The lowest BCUT2D eigenvalue weighted by atomic mass is 10.0. The molecule has 6 N–H and O–H groups in total. The number of nitrogens with zero attached hydrogens (tertiary/aromatic N) is 4. The van der Waals surface area contributed by atoms with E-state index in [2.05, 4.69) is 15.5 Å². The standard InChI is InChI=1S/C28H24N6O7S3/c29-28-30-19(14-44-28)21(32-41)24(37)31-22-25(38)34-23(27(39)40)17(13-43-26(22)34)7-10-42-18-5-8-33(9-6-18)12-16-3-1-15(2-4-16)11-20(35)36/h1-10,14,22,26H,11-13H2,(H5-,29,30,31,35,36,37,39,40,41)/p+1/b10-7+/t22-,26-/m1/s1. The Morgan fingerprint density at radius 3 is 2.48 bits per heavy atom. The van der Waals surface area contributed by atoms with Gasteiger partial charge in [0.2, 0.25) is 0 Å². The number of carbonyl (C=O) groups is 4. The second kappa shape index (κ2) is 13.3. The first-order valence-corrected chi connectivity index (χ1v) is 15.7. The number of thioether (sulfide) groups is 2. The topological polar surface area (TPSA) is 199 Å². The Morgan fingerprint density at radius 2 is 1.86 bits per heavy atom. The minimum absolute atomic E-state index is 0.0169. The third-order valence-corrected chi connectivity index (χ3v) is 9.44. The number of β-lactam (4-membered cyclic amide) rings is 1. The van der Waals surface area contributed by atoms with E-state index in [1.807, 2.05) is 41.2 Å². The van der Waals surface area contributed by atoms with Gasteiger partial charge < -0.3 is 26.5 Å². The van der Waals surface area contributed by atoms with E-state index in [0.717, 1.165) is 32.3 Å². The number of aromatic nitrogens is 2. The van der Waals surface area contributed by atoms with Crippen molar-refractivity contribution in [2.24, 2.45) is 5.16 Å². The van der Waals surface area contributed by atoms with Gasteiger partial charge >= 0.3 is 11.9 Å². The van der Waals surface area contributed by atoms with Crippen LogP contribution in [-0.4, -0.2) is 71.9 Å².